The van der Waals surface area contributed by atoms with Crippen molar-refractivity contribution in [3.05, 3.63) is 12.2 Å². The van der Waals surface area contributed by atoms with Gasteiger partial charge < -0.3 is 9.84 Å². The molecule has 0 aromatic carbocycles. The summed E-state index contributed by atoms with van der Waals surface area (Å²) in [4.78, 5) is 23.3. The Morgan fingerprint density at radius 2 is 2.07 bits per heavy atom. The third-order valence-corrected chi connectivity index (χ3v) is 5.58. The van der Waals surface area contributed by atoms with E-state index >= 15 is 0 Å². The molecule has 0 spiro atoms. The monoisotopic (exact) mass is 376 g/mol. The van der Waals surface area contributed by atoms with Crippen molar-refractivity contribution < 1.29 is 19.4 Å². The molecule has 4 nitrogen and oxygen atoms in total. The molecule has 0 aliphatic heterocycles. The Morgan fingerprint density at radius 1 is 1.33 bits per heavy atom. The number of methoxy groups -OCH3 is 1. The first-order chi connectivity index (χ1) is 13.0. The van der Waals surface area contributed by atoms with E-state index in [0.29, 0.717) is 31.5 Å². The van der Waals surface area contributed by atoms with Crippen molar-refractivity contribution in [2.24, 2.45) is 11.8 Å². The van der Waals surface area contributed by atoms with Crippen LogP contribution in [0.3, 0.4) is 0 Å². The van der Waals surface area contributed by atoms with E-state index in [-0.39, 0.29) is 17.8 Å². The molecule has 4 heteroatoms. The molecule has 1 aliphatic carbocycles. The zero-order valence-corrected chi connectivity index (χ0v) is 17.0. The quantitative estimate of drug-likeness (QED) is 0.221. The standard InChI is InChI=1S/C23H36O4/c1-4-6-17-23(26,5-2)18-11-12-19-15-16-21(24)20(19)13-9-7-8-10-14-22(25)27-3/h2,11-12,19-20,26H,4,6-10,13-18H2,1,3H3/t19-,20+,23?/m0/s1. The number of terminal acetylenes is 1. The third kappa shape index (κ3) is 8.75. The summed E-state index contributed by atoms with van der Waals surface area (Å²) in [5.74, 6) is 3.09. The summed E-state index contributed by atoms with van der Waals surface area (Å²) in [6.07, 6.45) is 19.4. The molecule has 0 saturated heterocycles. The lowest BCUT2D eigenvalue weighted by Gasteiger charge is -2.20. The maximum atomic E-state index is 12.2. The SMILES string of the molecule is C#CC(O)(CC=C[C@H]1CCC(=O)[C@@H]1CCCCCCC(=O)OC)CCCC. The van der Waals surface area contributed by atoms with Gasteiger partial charge >= 0.3 is 5.97 Å². The fraction of sp³-hybridized carbons (Fsp3) is 0.739. The molecular weight excluding hydrogens is 340 g/mol. The highest BCUT2D eigenvalue weighted by Gasteiger charge is 2.32. The maximum Gasteiger partial charge on any atom is 0.305 e. The summed E-state index contributed by atoms with van der Waals surface area (Å²) in [5, 5.41) is 10.4. The number of esters is 1. The van der Waals surface area contributed by atoms with E-state index in [1.807, 2.05) is 6.08 Å². The van der Waals surface area contributed by atoms with Gasteiger partial charge in [0.25, 0.3) is 0 Å². The van der Waals surface area contributed by atoms with Crippen LogP contribution in [0.4, 0.5) is 0 Å². The highest BCUT2D eigenvalue weighted by atomic mass is 16.5. The second-order valence-corrected chi connectivity index (χ2v) is 7.72. The predicted molar refractivity (Wildman–Crippen MR) is 108 cm³/mol. The largest absolute Gasteiger partial charge is 0.469 e. The Bertz CT molecular complexity index is 531. The molecule has 3 atom stereocenters. The van der Waals surface area contributed by atoms with Crippen LogP contribution in [0, 0.1) is 24.2 Å². The van der Waals surface area contributed by atoms with Crippen molar-refractivity contribution in [3.8, 4) is 12.3 Å². The third-order valence-electron chi connectivity index (χ3n) is 5.58. The normalized spacial score (nSPS) is 21.9. The summed E-state index contributed by atoms with van der Waals surface area (Å²) < 4.78 is 4.64. The number of rotatable bonds is 13. The first-order valence-electron chi connectivity index (χ1n) is 10.4. The van der Waals surface area contributed by atoms with Crippen molar-refractivity contribution in [1.82, 2.24) is 0 Å². The Labute approximate surface area is 164 Å². The molecule has 0 amide bonds. The zero-order valence-electron chi connectivity index (χ0n) is 17.0. The molecule has 1 saturated carbocycles. The highest BCUT2D eigenvalue weighted by molar-refractivity contribution is 5.83. The second-order valence-electron chi connectivity index (χ2n) is 7.72. The van der Waals surface area contributed by atoms with Gasteiger partial charge in [-0.25, -0.2) is 0 Å². The van der Waals surface area contributed by atoms with Gasteiger partial charge in [0.1, 0.15) is 11.4 Å². The van der Waals surface area contributed by atoms with Gasteiger partial charge in [0.2, 0.25) is 0 Å². The average molecular weight is 377 g/mol. The van der Waals surface area contributed by atoms with Gasteiger partial charge in [-0.2, -0.15) is 0 Å². The molecule has 0 aromatic heterocycles. The molecule has 1 N–H and O–H groups in total. The minimum absolute atomic E-state index is 0.0939. The number of ether oxygens (including phenoxy) is 1. The molecule has 0 heterocycles. The fourth-order valence-corrected chi connectivity index (χ4v) is 3.77. The minimum atomic E-state index is -1.07. The van der Waals surface area contributed by atoms with Crippen LogP contribution in [0.5, 0.6) is 0 Å². The summed E-state index contributed by atoms with van der Waals surface area (Å²) in [5.41, 5.74) is -1.07. The maximum absolute atomic E-state index is 12.2. The fourth-order valence-electron chi connectivity index (χ4n) is 3.77. The van der Waals surface area contributed by atoms with Crippen molar-refractivity contribution in [2.75, 3.05) is 7.11 Å². The first-order valence-corrected chi connectivity index (χ1v) is 10.4. The van der Waals surface area contributed by atoms with Crippen LogP contribution < -0.4 is 0 Å². The average Bonchev–Trinajstić information content (AvgIpc) is 3.02. The lowest BCUT2D eigenvalue weighted by atomic mass is 9.88. The lowest BCUT2D eigenvalue weighted by molar-refractivity contribution is -0.140. The smallest absolute Gasteiger partial charge is 0.305 e. The van der Waals surface area contributed by atoms with E-state index in [1.54, 1.807) is 0 Å². The van der Waals surface area contributed by atoms with Gasteiger partial charge in [-0.15, -0.1) is 6.42 Å². The van der Waals surface area contributed by atoms with E-state index in [2.05, 4.69) is 23.7 Å². The second kappa shape index (κ2) is 12.7. The van der Waals surface area contributed by atoms with Gasteiger partial charge in [0.15, 0.2) is 0 Å². The summed E-state index contributed by atoms with van der Waals surface area (Å²) >= 11 is 0. The van der Waals surface area contributed by atoms with Crippen LogP contribution in [0.15, 0.2) is 12.2 Å². The van der Waals surface area contributed by atoms with E-state index < -0.39 is 5.60 Å². The molecule has 1 aliphatic rings. The van der Waals surface area contributed by atoms with E-state index in [1.165, 1.54) is 7.11 Å². The minimum Gasteiger partial charge on any atom is -0.469 e. The van der Waals surface area contributed by atoms with Gasteiger partial charge in [0.05, 0.1) is 7.11 Å². The van der Waals surface area contributed by atoms with Gasteiger partial charge in [0, 0.05) is 25.2 Å². The number of unbranched alkanes of at least 4 members (excludes halogenated alkanes) is 4. The number of aliphatic hydroxyl groups is 1. The van der Waals surface area contributed by atoms with Gasteiger partial charge in [-0.3, -0.25) is 9.59 Å². The predicted octanol–water partition coefficient (Wildman–Crippen LogP) is 4.60. The number of carbonyl (C=O) groups is 2. The lowest BCUT2D eigenvalue weighted by Crippen LogP contribution is -2.25. The van der Waals surface area contributed by atoms with Crippen LogP contribution in [0.1, 0.15) is 84.0 Å². The van der Waals surface area contributed by atoms with Crippen molar-refractivity contribution in [2.45, 2.75) is 89.6 Å². The zero-order chi connectivity index (χ0) is 20.1. The Kier molecular flexibility index (Phi) is 11.0. The number of hydrogen-bond acceptors (Lipinski definition) is 4. The van der Waals surface area contributed by atoms with Crippen LogP contribution in [0.2, 0.25) is 0 Å². The van der Waals surface area contributed by atoms with Gasteiger partial charge in [-0.1, -0.05) is 50.7 Å². The molecule has 0 radical (unpaired) electrons. The first kappa shape index (κ1) is 23.4. The summed E-state index contributed by atoms with van der Waals surface area (Å²) in [6, 6.07) is 0. The van der Waals surface area contributed by atoms with E-state index in [4.69, 9.17) is 6.42 Å². The molecular formula is C23H36O4. The topological polar surface area (TPSA) is 63.6 Å². The number of allylic oxidation sites excluding steroid dienone is 1. The van der Waals surface area contributed by atoms with E-state index in [0.717, 1.165) is 51.4 Å². The Hall–Kier alpha value is -1.60. The van der Waals surface area contributed by atoms with Gasteiger partial charge in [-0.05, 0) is 38.0 Å². The van der Waals surface area contributed by atoms with Crippen LogP contribution in [-0.2, 0) is 14.3 Å². The Morgan fingerprint density at radius 3 is 2.74 bits per heavy atom. The molecule has 1 unspecified atom stereocenters. The Balaban J connectivity index is 2.38. The summed E-state index contributed by atoms with van der Waals surface area (Å²) in [6.45, 7) is 2.08. The number of ketones is 1. The summed E-state index contributed by atoms with van der Waals surface area (Å²) in [7, 11) is 1.41. The molecule has 27 heavy (non-hydrogen) atoms. The van der Waals surface area contributed by atoms with Crippen LogP contribution >= 0.6 is 0 Å². The molecule has 0 bridgehead atoms. The van der Waals surface area contributed by atoms with Crippen molar-refractivity contribution in [1.29, 1.82) is 0 Å². The molecule has 152 valence electrons. The van der Waals surface area contributed by atoms with Crippen molar-refractivity contribution >= 4 is 11.8 Å². The van der Waals surface area contributed by atoms with Crippen LogP contribution in [-0.4, -0.2) is 29.6 Å². The molecule has 1 rings (SSSR count). The number of hydrogen-bond donors (Lipinski definition) is 1. The number of carbonyl (C=O) groups excluding carboxylic acids is 2. The molecule has 1 fully saturated rings. The van der Waals surface area contributed by atoms with E-state index in [9.17, 15) is 14.7 Å². The molecule has 0 aromatic rings. The number of Topliss-reactive ketones (excluding diaryl/α,β-unsaturated/α-hetero) is 1. The van der Waals surface area contributed by atoms with Crippen molar-refractivity contribution in [3.63, 3.8) is 0 Å². The van der Waals surface area contributed by atoms with Crippen LogP contribution in [0.25, 0.3) is 0 Å². The highest BCUT2D eigenvalue weighted by Crippen LogP contribution is 2.34.